The molecule has 0 aromatic heterocycles. The van der Waals surface area contributed by atoms with Crippen molar-refractivity contribution in [1.82, 2.24) is 4.90 Å². The summed E-state index contributed by atoms with van der Waals surface area (Å²) < 4.78 is 5.58. The number of ether oxygens (including phenoxy) is 1. The van der Waals surface area contributed by atoms with Crippen molar-refractivity contribution in [3.63, 3.8) is 0 Å². The van der Waals surface area contributed by atoms with Gasteiger partial charge in [-0.3, -0.25) is 0 Å². The fourth-order valence-electron chi connectivity index (χ4n) is 5.30. The number of nitrogens with zero attached hydrogens (tertiary/aromatic N) is 1. The Morgan fingerprint density at radius 2 is 1.81 bits per heavy atom. The molecule has 160 valence electrons. The van der Waals surface area contributed by atoms with E-state index in [4.69, 9.17) is 16.3 Å². The zero-order valence-electron chi connectivity index (χ0n) is 18.2. The summed E-state index contributed by atoms with van der Waals surface area (Å²) in [6.07, 6.45) is 3.30. The molecule has 0 saturated heterocycles. The molecule has 0 amide bonds. The van der Waals surface area contributed by atoms with Gasteiger partial charge in [-0.15, -0.1) is 0 Å². The first kappa shape index (κ1) is 20.4. The van der Waals surface area contributed by atoms with E-state index in [1.54, 1.807) is 7.11 Å². The Kier molecular flexibility index (Phi) is 5.64. The van der Waals surface area contributed by atoms with Crippen LogP contribution in [0.25, 0.3) is 0 Å². The third kappa shape index (κ3) is 3.93. The van der Waals surface area contributed by atoms with Crippen molar-refractivity contribution in [3.05, 3.63) is 93.5 Å². The van der Waals surface area contributed by atoms with E-state index in [0.29, 0.717) is 17.0 Å². The molecule has 2 aliphatic rings. The topological polar surface area (TPSA) is 24.5 Å². The van der Waals surface area contributed by atoms with Gasteiger partial charge in [-0.1, -0.05) is 48.0 Å². The highest BCUT2D eigenvalue weighted by Crippen LogP contribution is 2.45. The molecule has 0 bridgehead atoms. The van der Waals surface area contributed by atoms with Crippen LogP contribution < -0.4 is 10.1 Å². The van der Waals surface area contributed by atoms with Gasteiger partial charge in [0.2, 0.25) is 0 Å². The van der Waals surface area contributed by atoms with E-state index in [0.717, 1.165) is 31.7 Å². The highest BCUT2D eigenvalue weighted by molar-refractivity contribution is 6.32. The van der Waals surface area contributed by atoms with E-state index in [-0.39, 0.29) is 0 Å². The van der Waals surface area contributed by atoms with Crippen molar-refractivity contribution >= 4 is 17.3 Å². The van der Waals surface area contributed by atoms with Crippen LogP contribution in [0.2, 0.25) is 5.02 Å². The van der Waals surface area contributed by atoms with Crippen LogP contribution in [0.1, 0.15) is 40.2 Å². The summed E-state index contributed by atoms with van der Waals surface area (Å²) in [6, 6.07) is 22.3. The van der Waals surface area contributed by atoms with Crippen molar-refractivity contribution in [2.45, 2.75) is 37.8 Å². The van der Waals surface area contributed by atoms with Gasteiger partial charge in [-0.05, 0) is 78.4 Å². The van der Waals surface area contributed by atoms with Crippen molar-refractivity contribution in [2.75, 3.05) is 26.0 Å². The molecular weight excluding hydrogens is 404 g/mol. The van der Waals surface area contributed by atoms with Gasteiger partial charge >= 0.3 is 0 Å². The van der Waals surface area contributed by atoms with E-state index >= 15 is 0 Å². The normalized spacial score (nSPS) is 20.2. The predicted molar refractivity (Wildman–Crippen MR) is 129 cm³/mol. The first-order valence-electron chi connectivity index (χ1n) is 11.1. The lowest BCUT2D eigenvalue weighted by Gasteiger charge is -2.38. The fraction of sp³-hybridized carbons (Fsp3) is 0.333. The van der Waals surface area contributed by atoms with Crippen molar-refractivity contribution < 1.29 is 4.74 Å². The minimum absolute atomic E-state index is 0.348. The number of halogens is 1. The summed E-state index contributed by atoms with van der Waals surface area (Å²) in [5, 5.41) is 4.31. The number of fused-ring (bicyclic) bond motifs is 5. The van der Waals surface area contributed by atoms with E-state index in [1.165, 1.54) is 39.9 Å². The highest BCUT2D eigenvalue weighted by Gasteiger charge is 2.37. The molecule has 5 rings (SSSR count). The van der Waals surface area contributed by atoms with Gasteiger partial charge in [0.25, 0.3) is 0 Å². The molecule has 1 heterocycles. The van der Waals surface area contributed by atoms with Crippen molar-refractivity contribution in [2.24, 2.45) is 0 Å². The van der Waals surface area contributed by atoms with Gasteiger partial charge in [0.05, 0.1) is 12.1 Å². The first-order valence-corrected chi connectivity index (χ1v) is 11.5. The zero-order chi connectivity index (χ0) is 21.4. The quantitative estimate of drug-likeness (QED) is 0.555. The molecule has 31 heavy (non-hydrogen) atoms. The van der Waals surface area contributed by atoms with Gasteiger partial charge in [0.1, 0.15) is 5.75 Å². The Labute approximate surface area is 190 Å². The molecule has 1 aliphatic heterocycles. The molecule has 0 spiro atoms. The molecule has 3 aromatic carbocycles. The van der Waals surface area contributed by atoms with Crippen LogP contribution in [0, 0.1) is 0 Å². The minimum atomic E-state index is 0.348. The molecule has 3 aromatic rings. The Morgan fingerprint density at radius 3 is 2.61 bits per heavy atom. The molecule has 3 nitrogen and oxygen atoms in total. The maximum Gasteiger partial charge on any atom is 0.137 e. The number of hydrogen-bond donors (Lipinski definition) is 1. The summed E-state index contributed by atoms with van der Waals surface area (Å²) in [5.41, 5.74) is 8.11. The zero-order valence-corrected chi connectivity index (χ0v) is 19.0. The Balaban J connectivity index is 1.50. The molecule has 2 atom stereocenters. The SMILES string of the molecule is COc1cc2c(cc1Cl)CCN(C)[C@H]1CCc3cc(NCc4ccccc4)ccc3[C@H]21. The monoisotopic (exact) mass is 432 g/mol. The van der Waals surface area contributed by atoms with Gasteiger partial charge in [-0.25, -0.2) is 0 Å². The number of likely N-dealkylation sites (N-methyl/N-ethyl adjacent to an activating group) is 1. The molecule has 0 fully saturated rings. The predicted octanol–water partition coefficient (Wildman–Crippen LogP) is 5.90. The lowest BCUT2D eigenvalue weighted by Crippen LogP contribution is -2.39. The second-order valence-corrected chi connectivity index (χ2v) is 9.16. The van der Waals surface area contributed by atoms with Crippen molar-refractivity contribution in [3.8, 4) is 5.75 Å². The number of rotatable bonds is 4. The number of nitrogens with one attached hydrogen (secondary N) is 1. The van der Waals surface area contributed by atoms with Gasteiger partial charge in [0, 0.05) is 30.7 Å². The number of anilines is 1. The van der Waals surface area contributed by atoms with Gasteiger partial charge in [0.15, 0.2) is 0 Å². The van der Waals surface area contributed by atoms with E-state index in [2.05, 4.69) is 77.9 Å². The molecule has 0 saturated carbocycles. The number of methoxy groups -OCH3 is 1. The van der Waals surface area contributed by atoms with Crippen LogP contribution >= 0.6 is 11.6 Å². The number of benzene rings is 3. The van der Waals surface area contributed by atoms with E-state index in [9.17, 15) is 0 Å². The summed E-state index contributed by atoms with van der Waals surface area (Å²) in [7, 11) is 3.97. The second-order valence-electron chi connectivity index (χ2n) is 8.75. The maximum absolute atomic E-state index is 6.49. The minimum Gasteiger partial charge on any atom is -0.495 e. The Bertz CT molecular complexity index is 1080. The fourth-order valence-corrected chi connectivity index (χ4v) is 5.56. The van der Waals surface area contributed by atoms with Crippen LogP contribution in [-0.4, -0.2) is 31.6 Å². The van der Waals surface area contributed by atoms with Crippen LogP contribution in [0.3, 0.4) is 0 Å². The standard InChI is InChI=1S/C27H29ClN2O/c1-30-13-12-20-15-24(28)26(31-2)16-23(20)27-22-10-9-21(14-19(22)8-11-25(27)30)29-17-18-6-4-3-5-7-18/h3-7,9-10,14-16,25,27,29H,8,11-13,17H2,1-2H3/t25-,27+/m0/s1. The Hall–Kier alpha value is -2.49. The molecule has 1 aliphatic carbocycles. The molecule has 0 unspecified atom stereocenters. The van der Waals surface area contributed by atoms with E-state index in [1.807, 2.05) is 0 Å². The van der Waals surface area contributed by atoms with Gasteiger partial charge in [-0.2, -0.15) is 0 Å². The highest BCUT2D eigenvalue weighted by atomic mass is 35.5. The molecule has 4 heteroatoms. The third-order valence-corrected chi connectivity index (χ3v) is 7.26. The van der Waals surface area contributed by atoms with Gasteiger partial charge < -0.3 is 15.0 Å². The van der Waals surface area contributed by atoms with Crippen LogP contribution in [0.15, 0.2) is 60.7 Å². The summed E-state index contributed by atoms with van der Waals surface area (Å²) >= 11 is 6.49. The summed E-state index contributed by atoms with van der Waals surface area (Å²) in [5.74, 6) is 1.12. The number of hydrogen-bond acceptors (Lipinski definition) is 3. The number of aryl methyl sites for hydroxylation is 1. The molecular formula is C27H29ClN2O. The average molecular weight is 433 g/mol. The van der Waals surface area contributed by atoms with Crippen molar-refractivity contribution in [1.29, 1.82) is 0 Å². The molecule has 0 radical (unpaired) electrons. The second kappa shape index (κ2) is 8.57. The Morgan fingerprint density at radius 1 is 1.00 bits per heavy atom. The summed E-state index contributed by atoms with van der Waals surface area (Å²) in [6.45, 7) is 1.90. The van der Waals surface area contributed by atoms with Crippen LogP contribution in [0.4, 0.5) is 5.69 Å². The third-order valence-electron chi connectivity index (χ3n) is 6.96. The smallest absolute Gasteiger partial charge is 0.137 e. The first-order chi connectivity index (χ1) is 15.1. The lowest BCUT2D eigenvalue weighted by atomic mass is 9.74. The van der Waals surface area contributed by atoms with E-state index < -0.39 is 0 Å². The van der Waals surface area contributed by atoms with Crippen LogP contribution in [-0.2, 0) is 19.4 Å². The molecule has 1 N–H and O–H groups in total. The largest absolute Gasteiger partial charge is 0.495 e. The van der Waals surface area contributed by atoms with Crippen LogP contribution in [0.5, 0.6) is 5.75 Å². The summed E-state index contributed by atoms with van der Waals surface area (Å²) in [4.78, 5) is 2.54. The maximum atomic E-state index is 6.49. The average Bonchev–Trinajstić information content (AvgIpc) is 2.94. The lowest BCUT2D eigenvalue weighted by molar-refractivity contribution is 0.214.